The monoisotopic (exact) mass is 509 g/mol. The number of carbonyl (C=O) groups excluding carboxylic acids is 2. The molecule has 1 aromatic heterocycles. The van der Waals surface area contributed by atoms with E-state index in [4.69, 9.17) is 9.84 Å². The minimum absolute atomic E-state index is 0.129. The number of nitrogens with one attached hydrogen (secondary N) is 1. The summed E-state index contributed by atoms with van der Waals surface area (Å²) in [6, 6.07) is 11.4. The van der Waals surface area contributed by atoms with E-state index < -0.39 is 21.1 Å². The van der Waals surface area contributed by atoms with Gasteiger partial charge in [0, 0.05) is 24.8 Å². The zero-order valence-electron chi connectivity index (χ0n) is 20.9. The molecule has 2 aromatic carbocycles. The number of carbonyl (C=O) groups is 2. The lowest BCUT2D eigenvalue weighted by atomic mass is 9.96. The molecular weight excluding hydrogens is 478 g/mol. The minimum Gasteiger partial charge on any atom is -0.463 e. The maximum atomic E-state index is 13.0. The van der Waals surface area contributed by atoms with Gasteiger partial charge >= 0.3 is 5.97 Å². The predicted octanol–water partition coefficient (Wildman–Crippen LogP) is 4.17. The molecule has 36 heavy (non-hydrogen) atoms. The number of nitrogens with zero attached hydrogens (tertiary/aromatic N) is 2. The Labute approximate surface area is 211 Å². The summed E-state index contributed by atoms with van der Waals surface area (Å²) in [5.74, 6) is -0.553. The highest BCUT2D eigenvalue weighted by atomic mass is 32.2. The van der Waals surface area contributed by atoms with Crippen LogP contribution >= 0.6 is 0 Å². The molecule has 0 spiro atoms. The number of ether oxygens (including phenoxy) is 1. The first-order chi connectivity index (χ1) is 17.1. The molecule has 0 aliphatic heterocycles. The second-order valence-corrected chi connectivity index (χ2v) is 11.4. The number of esters is 1. The molecule has 0 bridgehead atoms. The van der Waals surface area contributed by atoms with E-state index in [0.717, 1.165) is 29.7 Å². The molecule has 0 saturated heterocycles. The van der Waals surface area contributed by atoms with E-state index in [1.54, 1.807) is 30.8 Å². The Kier molecular flexibility index (Phi) is 7.31. The molecule has 190 valence electrons. The maximum Gasteiger partial charge on any atom is 0.330 e. The molecule has 1 saturated carbocycles. The Morgan fingerprint density at radius 1 is 1.22 bits per heavy atom. The lowest BCUT2D eigenvalue weighted by Gasteiger charge is -2.18. The highest BCUT2D eigenvalue weighted by Crippen LogP contribution is 2.46. The van der Waals surface area contributed by atoms with Crippen molar-refractivity contribution >= 4 is 32.6 Å². The van der Waals surface area contributed by atoms with Crippen LogP contribution in [0.4, 0.5) is 0 Å². The fourth-order valence-electron chi connectivity index (χ4n) is 4.41. The van der Waals surface area contributed by atoms with Crippen LogP contribution in [0.3, 0.4) is 0 Å². The van der Waals surface area contributed by atoms with Crippen molar-refractivity contribution in [2.75, 3.05) is 19.9 Å². The molecule has 1 heterocycles. The van der Waals surface area contributed by atoms with Gasteiger partial charge < -0.3 is 10.1 Å². The molecule has 8 nitrogen and oxygen atoms in total. The zero-order valence-corrected chi connectivity index (χ0v) is 21.8. The zero-order chi connectivity index (χ0) is 26.0. The van der Waals surface area contributed by atoms with Gasteiger partial charge in [0.15, 0.2) is 9.84 Å². The highest BCUT2D eigenvalue weighted by Gasteiger charge is 2.33. The van der Waals surface area contributed by atoms with Gasteiger partial charge in [-0.1, -0.05) is 23.8 Å². The number of aromatic nitrogens is 2. The summed E-state index contributed by atoms with van der Waals surface area (Å²) in [5.41, 5.74) is 4.35. The lowest BCUT2D eigenvalue weighted by molar-refractivity contribution is -0.137. The molecule has 4 rings (SSSR count). The van der Waals surface area contributed by atoms with E-state index >= 15 is 0 Å². The summed E-state index contributed by atoms with van der Waals surface area (Å²) in [6.07, 6.45) is 6.06. The van der Waals surface area contributed by atoms with Crippen LogP contribution in [0.15, 0.2) is 48.6 Å². The third-order valence-electron chi connectivity index (χ3n) is 6.37. The first kappa shape index (κ1) is 25.6. The van der Waals surface area contributed by atoms with Crippen LogP contribution in [0, 0.1) is 6.92 Å². The average Bonchev–Trinajstić information content (AvgIpc) is 3.61. The minimum atomic E-state index is -3.52. The molecular formula is C27H31N3O5S. The third-order valence-corrected chi connectivity index (χ3v) is 7.85. The first-order valence-corrected chi connectivity index (χ1v) is 14.0. The number of fused-ring (bicyclic) bond motifs is 1. The fourth-order valence-corrected chi connectivity index (χ4v) is 5.54. The van der Waals surface area contributed by atoms with Gasteiger partial charge in [0.25, 0.3) is 5.91 Å². The maximum absolute atomic E-state index is 13.0. The number of allylic oxidation sites excluding steroid dienone is 1. The van der Waals surface area contributed by atoms with Crippen molar-refractivity contribution in [3.63, 3.8) is 0 Å². The molecule has 9 heteroatoms. The van der Waals surface area contributed by atoms with Gasteiger partial charge in [0.1, 0.15) is 5.69 Å². The quantitative estimate of drug-likeness (QED) is 0.343. The molecule has 0 radical (unpaired) electrons. The topological polar surface area (TPSA) is 107 Å². The molecule has 1 amide bonds. The van der Waals surface area contributed by atoms with Crippen molar-refractivity contribution in [3.8, 4) is 5.69 Å². The van der Waals surface area contributed by atoms with E-state index in [2.05, 4.69) is 5.32 Å². The van der Waals surface area contributed by atoms with Crippen molar-refractivity contribution < 1.29 is 22.7 Å². The van der Waals surface area contributed by atoms with Crippen LogP contribution in [0.1, 0.15) is 64.5 Å². The molecule has 1 aliphatic carbocycles. The summed E-state index contributed by atoms with van der Waals surface area (Å²) >= 11 is 0. The predicted molar refractivity (Wildman–Crippen MR) is 139 cm³/mol. The second kappa shape index (κ2) is 10.3. The van der Waals surface area contributed by atoms with Gasteiger partial charge in [-0.25, -0.2) is 17.9 Å². The van der Waals surface area contributed by atoms with Crippen molar-refractivity contribution in [3.05, 3.63) is 70.9 Å². The van der Waals surface area contributed by atoms with Crippen LogP contribution in [-0.4, -0.2) is 50.0 Å². The Morgan fingerprint density at radius 2 is 1.92 bits per heavy atom. The van der Waals surface area contributed by atoms with Crippen LogP contribution in [0.2, 0.25) is 0 Å². The van der Waals surface area contributed by atoms with Gasteiger partial charge in [-0.05, 0) is 74.4 Å². The SMILES string of the molecule is CCOC(=O)C=CCC(c1cc2nn(-c3ccc(C)cc3)c(C(=O)NC)c2cc1C1CC1)S(C)(=O)=O. The number of aryl methyl sites for hydroxylation is 1. The Hall–Kier alpha value is -3.46. The summed E-state index contributed by atoms with van der Waals surface area (Å²) in [4.78, 5) is 24.7. The number of hydrogen-bond donors (Lipinski definition) is 1. The summed E-state index contributed by atoms with van der Waals surface area (Å²) in [5, 5.41) is 7.26. The summed E-state index contributed by atoms with van der Waals surface area (Å²) in [6.45, 7) is 3.95. The number of hydrogen-bond acceptors (Lipinski definition) is 6. The Morgan fingerprint density at radius 3 is 2.50 bits per heavy atom. The van der Waals surface area contributed by atoms with Gasteiger partial charge in [-0.2, -0.15) is 5.10 Å². The van der Waals surface area contributed by atoms with Crippen LogP contribution in [-0.2, 0) is 19.4 Å². The van der Waals surface area contributed by atoms with Crippen LogP contribution in [0.25, 0.3) is 16.6 Å². The van der Waals surface area contributed by atoms with Crippen molar-refractivity contribution in [2.45, 2.75) is 44.3 Å². The van der Waals surface area contributed by atoms with E-state index in [-0.39, 0.29) is 24.9 Å². The van der Waals surface area contributed by atoms with Gasteiger partial charge in [0.2, 0.25) is 0 Å². The van der Waals surface area contributed by atoms with Crippen molar-refractivity contribution in [2.24, 2.45) is 0 Å². The number of benzene rings is 2. The Balaban J connectivity index is 1.89. The van der Waals surface area contributed by atoms with Crippen molar-refractivity contribution in [1.29, 1.82) is 0 Å². The number of amides is 1. The number of rotatable bonds is 9. The normalized spacial score (nSPS) is 14.8. The third kappa shape index (κ3) is 5.36. The van der Waals surface area contributed by atoms with E-state index in [9.17, 15) is 18.0 Å². The highest BCUT2D eigenvalue weighted by molar-refractivity contribution is 7.90. The van der Waals surface area contributed by atoms with Gasteiger partial charge in [0.05, 0.1) is 23.1 Å². The number of sulfone groups is 1. The first-order valence-electron chi connectivity index (χ1n) is 12.0. The van der Waals surface area contributed by atoms with Gasteiger partial charge in [-0.15, -0.1) is 0 Å². The van der Waals surface area contributed by atoms with E-state index in [0.29, 0.717) is 22.2 Å². The Bertz CT molecular complexity index is 1430. The van der Waals surface area contributed by atoms with E-state index in [1.165, 1.54) is 12.3 Å². The second-order valence-electron chi connectivity index (χ2n) is 9.16. The smallest absolute Gasteiger partial charge is 0.330 e. The fraction of sp³-hybridized carbons (Fsp3) is 0.370. The molecule has 1 atom stereocenters. The summed E-state index contributed by atoms with van der Waals surface area (Å²) in [7, 11) is -1.95. The molecule has 1 unspecified atom stereocenters. The summed E-state index contributed by atoms with van der Waals surface area (Å²) < 4.78 is 32.3. The van der Waals surface area contributed by atoms with Crippen LogP contribution in [0.5, 0.6) is 0 Å². The van der Waals surface area contributed by atoms with Crippen LogP contribution < -0.4 is 5.32 Å². The molecule has 1 aliphatic rings. The largest absolute Gasteiger partial charge is 0.463 e. The van der Waals surface area contributed by atoms with Gasteiger partial charge in [-0.3, -0.25) is 4.79 Å². The van der Waals surface area contributed by atoms with E-state index in [1.807, 2.05) is 37.3 Å². The molecule has 3 aromatic rings. The lowest BCUT2D eigenvalue weighted by Crippen LogP contribution is -2.22. The molecule has 1 fully saturated rings. The molecule has 1 N–H and O–H groups in total. The standard InChI is InChI=1S/C27H31N3O5S/c1-5-35-25(31)8-6-7-24(36(4,33)34)21-16-23-22(15-20(21)18-11-12-18)26(27(32)28-3)30(29-23)19-13-9-17(2)10-14-19/h6,8-10,13-16,18,24H,5,7,11-12H2,1-4H3,(H,28,32). The average molecular weight is 510 g/mol. The van der Waals surface area contributed by atoms with Crippen molar-refractivity contribution in [1.82, 2.24) is 15.1 Å².